The molecule has 0 aromatic carbocycles. The third-order valence-corrected chi connectivity index (χ3v) is 5.79. The maximum atomic E-state index is 12.9. The van der Waals surface area contributed by atoms with E-state index in [1.54, 1.807) is 42.7 Å². The Hall–Kier alpha value is -3.00. The fourth-order valence-corrected chi connectivity index (χ4v) is 3.89. The second-order valence-electron chi connectivity index (χ2n) is 6.72. The van der Waals surface area contributed by atoms with Crippen molar-refractivity contribution in [2.24, 2.45) is 0 Å². The Kier molecular flexibility index (Phi) is 6.43. The van der Waals surface area contributed by atoms with Gasteiger partial charge in [0.2, 0.25) is 5.88 Å². The first-order valence-electron chi connectivity index (χ1n) is 9.34. The highest BCUT2D eigenvalue weighted by atomic mass is 32.1. The molecule has 1 N–H and O–H groups in total. The smallest absolute Gasteiger partial charge is 0.268 e. The van der Waals surface area contributed by atoms with E-state index in [1.165, 1.54) is 22.8 Å². The molecule has 1 amide bonds. The maximum Gasteiger partial charge on any atom is 0.268 e. The molecule has 0 aliphatic carbocycles. The Balaban J connectivity index is 1.70. The van der Waals surface area contributed by atoms with Crippen molar-refractivity contribution >= 4 is 17.2 Å². The third kappa shape index (κ3) is 4.71. The zero-order valence-electron chi connectivity index (χ0n) is 17.0. The highest BCUT2D eigenvalue weighted by molar-refractivity contribution is 7.11. The molecule has 29 heavy (non-hydrogen) atoms. The van der Waals surface area contributed by atoms with Crippen LogP contribution in [0.5, 0.6) is 5.88 Å². The van der Waals surface area contributed by atoms with Crippen LogP contribution < -0.4 is 15.6 Å². The van der Waals surface area contributed by atoms with Crippen LogP contribution in [0.2, 0.25) is 0 Å². The molecular formula is C21H24N4O3S. The van der Waals surface area contributed by atoms with Gasteiger partial charge in [-0.25, -0.2) is 9.97 Å². The van der Waals surface area contributed by atoms with Gasteiger partial charge in [-0.15, -0.1) is 11.3 Å². The fourth-order valence-electron chi connectivity index (χ4n) is 2.92. The number of rotatable bonds is 7. The minimum absolute atomic E-state index is 0.143. The Labute approximate surface area is 173 Å². The molecule has 3 rings (SSSR count). The van der Waals surface area contributed by atoms with E-state index in [0.29, 0.717) is 23.7 Å². The highest BCUT2D eigenvalue weighted by Gasteiger charge is 2.16. The molecule has 152 valence electrons. The van der Waals surface area contributed by atoms with Crippen molar-refractivity contribution in [2.45, 2.75) is 33.6 Å². The lowest BCUT2D eigenvalue weighted by Crippen LogP contribution is -2.34. The van der Waals surface area contributed by atoms with Gasteiger partial charge in [0, 0.05) is 30.1 Å². The van der Waals surface area contributed by atoms with Crippen LogP contribution >= 0.6 is 11.3 Å². The summed E-state index contributed by atoms with van der Waals surface area (Å²) in [5.74, 6) is 0.0901. The van der Waals surface area contributed by atoms with Gasteiger partial charge in [0.05, 0.1) is 29.7 Å². The first kappa shape index (κ1) is 20.7. The zero-order valence-corrected chi connectivity index (χ0v) is 17.8. The number of hydrogen-bond donors (Lipinski definition) is 1. The molecular weight excluding hydrogens is 388 g/mol. The van der Waals surface area contributed by atoms with Gasteiger partial charge in [-0.2, -0.15) is 0 Å². The van der Waals surface area contributed by atoms with E-state index in [2.05, 4.69) is 22.2 Å². The van der Waals surface area contributed by atoms with Crippen LogP contribution in [0.4, 0.5) is 0 Å². The summed E-state index contributed by atoms with van der Waals surface area (Å²) in [6.45, 7) is 6.29. The van der Waals surface area contributed by atoms with Gasteiger partial charge < -0.3 is 10.1 Å². The van der Waals surface area contributed by atoms with E-state index in [1.807, 2.05) is 6.92 Å². The summed E-state index contributed by atoms with van der Waals surface area (Å²) in [4.78, 5) is 35.4. The lowest BCUT2D eigenvalue weighted by atomic mass is 10.1. The van der Waals surface area contributed by atoms with Crippen molar-refractivity contribution in [1.82, 2.24) is 19.9 Å². The first-order chi connectivity index (χ1) is 13.9. The Morgan fingerprint density at radius 3 is 2.66 bits per heavy atom. The van der Waals surface area contributed by atoms with Crippen molar-refractivity contribution in [3.63, 3.8) is 0 Å². The maximum absolute atomic E-state index is 12.9. The van der Waals surface area contributed by atoms with Gasteiger partial charge >= 0.3 is 0 Å². The molecule has 0 saturated carbocycles. The van der Waals surface area contributed by atoms with E-state index in [4.69, 9.17) is 4.74 Å². The number of methoxy groups -OCH3 is 1. The predicted octanol–water partition coefficient (Wildman–Crippen LogP) is 2.99. The lowest BCUT2D eigenvalue weighted by molar-refractivity contribution is 0.0950. The zero-order chi connectivity index (χ0) is 21.0. The normalized spacial score (nSPS) is 10.8. The molecule has 7 nitrogen and oxygen atoms in total. The van der Waals surface area contributed by atoms with E-state index in [-0.39, 0.29) is 17.0 Å². The summed E-state index contributed by atoms with van der Waals surface area (Å²) >= 11 is 1.68. The lowest BCUT2D eigenvalue weighted by Gasteiger charge is -2.11. The molecule has 0 aliphatic heterocycles. The van der Waals surface area contributed by atoms with Crippen LogP contribution in [-0.2, 0) is 6.42 Å². The average Bonchev–Trinajstić information content (AvgIpc) is 3.03. The number of pyridine rings is 2. The van der Waals surface area contributed by atoms with Crippen LogP contribution in [0, 0.1) is 20.8 Å². The Morgan fingerprint density at radius 2 is 2.03 bits per heavy atom. The minimum atomic E-state index is -0.374. The van der Waals surface area contributed by atoms with Crippen molar-refractivity contribution in [1.29, 1.82) is 0 Å². The molecule has 3 aromatic heterocycles. The van der Waals surface area contributed by atoms with E-state index >= 15 is 0 Å². The molecule has 0 radical (unpaired) electrons. The molecule has 0 atom stereocenters. The topological polar surface area (TPSA) is 86.1 Å². The number of nitrogens with zero attached hydrogens (tertiary/aromatic N) is 3. The van der Waals surface area contributed by atoms with Gasteiger partial charge in [0.25, 0.3) is 11.5 Å². The number of hydrogen-bond acceptors (Lipinski definition) is 6. The molecule has 3 heterocycles. The van der Waals surface area contributed by atoms with Gasteiger partial charge in [-0.05, 0) is 44.9 Å². The molecule has 3 aromatic rings. The van der Waals surface area contributed by atoms with Gasteiger partial charge in [-0.1, -0.05) is 0 Å². The molecule has 0 aliphatic rings. The predicted molar refractivity (Wildman–Crippen MR) is 113 cm³/mol. The highest BCUT2D eigenvalue weighted by Crippen LogP contribution is 2.17. The third-order valence-electron chi connectivity index (χ3n) is 4.66. The quantitative estimate of drug-likeness (QED) is 0.603. The number of carbonyl (C=O) groups excluding carboxylic acids is 1. The van der Waals surface area contributed by atoms with Gasteiger partial charge in [-0.3, -0.25) is 14.2 Å². The number of amides is 1. The molecule has 8 heteroatoms. The van der Waals surface area contributed by atoms with Crippen molar-refractivity contribution in [3.8, 4) is 11.6 Å². The van der Waals surface area contributed by atoms with Crippen molar-refractivity contribution < 1.29 is 9.53 Å². The second-order valence-corrected chi connectivity index (χ2v) is 8.00. The largest absolute Gasteiger partial charge is 0.481 e. The SMILES string of the molecule is COc1ccc(-n2ccc(C)c(C(=O)NCCCc3nc(C)c(C)s3)c2=O)cn1. The van der Waals surface area contributed by atoms with Crippen LogP contribution in [0.1, 0.15) is 37.9 Å². The Morgan fingerprint density at radius 1 is 1.24 bits per heavy atom. The van der Waals surface area contributed by atoms with Gasteiger partial charge in [0.15, 0.2) is 0 Å². The number of carbonyl (C=O) groups is 1. The molecule has 0 saturated heterocycles. The molecule has 0 fully saturated rings. The monoisotopic (exact) mass is 412 g/mol. The number of aromatic nitrogens is 3. The number of thiazole rings is 1. The van der Waals surface area contributed by atoms with Crippen LogP contribution in [0.25, 0.3) is 5.69 Å². The van der Waals surface area contributed by atoms with E-state index < -0.39 is 0 Å². The van der Waals surface area contributed by atoms with Crippen LogP contribution in [0.15, 0.2) is 35.4 Å². The summed E-state index contributed by atoms with van der Waals surface area (Å²) in [6.07, 6.45) is 4.75. The summed E-state index contributed by atoms with van der Waals surface area (Å²) in [6, 6.07) is 5.15. The number of ether oxygens (including phenoxy) is 1. The summed E-state index contributed by atoms with van der Waals surface area (Å²) in [7, 11) is 1.53. The van der Waals surface area contributed by atoms with Crippen LogP contribution in [0.3, 0.4) is 0 Å². The van der Waals surface area contributed by atoms with E-state index in [9.17, 15) is 9.59 Å². The average molecular weight is 413 g/mol. The fraction of sp³-hybridized carbons (Fsp3) is 0.333. The summed E-state index contributed by atoms with van der Waals surface area (Å²) in [5, 5.41) is 3.93. The first-order valence-corrected chi connectivity index (χ1v) is 10.2. The summed E-state index contributed by atoms with van der Waals surface area (Å²) in [5.41, 5.74) is 2.03. The number of aryl methyl sites for hydroxylation is 4. The van der Waals surface area contributed by atoms with Crippen molar-refractivity contribution in [3.05, 3.63) is 67.7 Å². The minimum Gasteiger partial charge on any atom is -0.481 e. The number of nitrogens with one attached hydrogen (secondary N) is 1. The van der Waals surface area contributed by atoms with Crippen LogP contribution in [-0.4, -0.2) is 34.1 Å². The standard InChI is InChI=1S/C21H24N4O3S/c1-13-9-11-25(16-7-8-17(28-4)23-12-16)21(27)19(13)20(26)22-10-5-6-18-24-14(2)15(3)29-18/h7-9,11-12H,5-6,10H2,1-4H3,(H,22,26). The molecule has 0 unspecified atom stereocenters. The Bertz CT molecular complexity index is 1050. The van der Waals surface area contributed by atoms with Crippen molar-refractivity contribution in [2.75, 3.05) is 13.7 Å². The summed E-state index contributed by atoms with van der Waals surface area (Å²) < 4.78 is 6.46. The molecule has 0 spiro atoms. The second kappa shape index (κ2) is 9.00. The van der Waals surface area contributed by atoms with E-state index in [0.717, 1.165) is 23.5 Å². The van der Waals surface area contributed by atoms with Gasteiger partial charge in [0.1, 0.15) is 5.56 Å². The molecule has 0 bridgehead atoms.